The molecule has 0 aliphatic rings. The van der Waals surface area contributed by atoms with Crippen molar-refractivity contribution in [1.82, 2.24) is 4.72 Å². The summed E-state index contributed by atoms with van der Waals surface area (Å²) in [4.78, 5) is 12.8. The minimum atomic E-state index is -4.06. The highest BCUT2D eigenvalue weighted by molar-refractivity contribution is 7.89. The summed E-state index contributed by atoms with van der Waals surface area (Å²) < 4.78 is 60.2. The maximum Gasteiger partial charge on any atom is 0.242 e. The van der Waals surface area contributed by atoms with Gasteiger partial charge in [-0.05, 0) is 55.3 Å². The number of ether oxygens (including phenoxy) is 1. The van der Waals surface area contributed by atoms with E-state index in [9.17, 15) is 22.0 Å². The number of halogens is 2. The second-order valence-corrected chi connectivity index (χ2v) is 8.60. The molecule has 0 spiro atoms. The predicted octanol–water partition coefficient (Wildman–Crippen LogP) is 3.89. The zero-order valence-electron chi connectivity index (χ0n) is 17.2. The van der Waals surface area contributed by atoms with Crippen LogP contribution in [0.4, 0.5) is 14.5 Å². The van der Waals surface area contributed by atoms with Gasteiger partial charge >= 0.3 is 0 Å². The van der Waals surface area contributed by atoms with Crippen molar-refractivity contribution in [2.75, 3.05) is 11.9 Å². The zero-order chi connectivity index (χ0) is 23.1. The number of nitrogens with one attached hydrogen (secondary N) is 2. The molecule has 3 aromatic carbocycles. The smallest absolute Gasteiger partial charge is 0.242 e. The second kappa shape index (κ2) is 10.3. The highest BCUT2D eigenvalue weighted by Crippen LogP contribution is 2.18. The van der Waals surface area contributed by atoms with Crippen molar-refractivity contribution >= 4 is 21.6 Å². The van der Waals surface area contributed by atoms with Crippen LogP contribution in [0.15, 0.2) is 77.7 Å². The average Bonchev–Trinajstić information content (AvgIpc) is 2.77. The van der Waals surface area contributed by atoms with E-state index in [1.807, 2.05) is 6.92 Å². The molecule has 0 aliphatic carbocycles. The Morgan fingerprint density at radius 1 is 0.969 bits per heavy atom. The Labute approximate surface area is 185 Å². The Hall–Kier alpha value is -3.30. The van der Waals surface area contributed by atoms with Gasteiger partial charge in [0.15, 0.2) is 11.6 Å². The van der Waals surface area contributed by atoms with Crippen molar-refractivity contribution in [3.8, 4) is 5.75 Å². The van der Waals surface area contributed by atoms with E-state index in [-0.39, 0.29) is 17.0 Å². The number of anilines is 1. The van der Waals surface area contributed by atoms with Crippen molar-refractivity contribution in [3.05, 3.63) is 90.0 Å². The fourth-order valence-corrected chi connectivity index (χ4v) is 4.17. The lowest BCUT2D eigenvalue weighted by Gasteiger charge is -2.19. The van der Waals surface area contributed by atoms with Crippen LogP contribution in [0.1, 0.15) is 12.5 Å². The summed E-state index contributed by atoms with van der Waals surface area (Å²) in [5.74, 6) is -2.38. The standard InChI is InChI=1S/C23H22F2N2O4S/c1-2-31-18-9-11-19(12-10-18)32(29,30)27-22(14-16-6-4-3-5-7-16)23(28)26-17-8-13-20(24)21(25)15-17/h3-13,15,22,27H,2,14H2,1H3,(H,26,28)/t22-/m0/s1. The first kappa shape index (κ1) is 23.4. The molecule has 0 aromatic heterocycles. The lowest BCUT2D eigenvalue weighted by atomic mass is 10.1. The van der Waals surface area contributed by atoms with Gasteiger partial charge < -0.3 is 10.1 Å². The van der Waals surface area contributed by atoms with Gasteiger partial charge in [0.05, 0.1) is 11.5 Å². The van der Waals surface area contributed by atoms with Gasteiger partial charge in [-0.15, -0.1) is 0 Å². The van der Waals surface area contributed by atoms with Crippen molar-refractivity contribution < 1.29 is 26.7 Å². The van der Waals surface area contributed by atoms with Crippen LogP contribution >= 0.6 is 0 Å². The van der Waals surface area contributed by atoms with Crippen molar-refractivity contribution in [3.63, 3.8) is 0 Å². The van der Waals surface area contributed by atoms with E-state index in [0.29, 0.717) is 17.9 Å². The van der Waals surface area contributed by atoms with Gasteiger partial charge in [0, 0.05) is 11.8 Å². The zero-order valence-corrected chi connectivity index (χ0v) is 18.0. The minimum absolute atomic E-state index is 0.00669. The van der Waals surface area contributed by atoms with Crippen LogP contribution in [0, 0.1) is 11.6 Å². The molecule has 3 aromatic rings. The van der Waals surface area contributed by atoms with Gasteiger partial charge in [0.25, 0.3) is 0 Å². The first-order chi connectivity index (χ1) is 15.3. The lowest BCUT2D eigenvalue weighted by molar-refractivity contribution is -0.117. The molecule has 0 radical (unpaired) electrons. The maximum atomic E-state index is 13.5. The van der Waals surface area contributed by atoms with Crippen molar-refractivity contribution in [2.45, 2.75) is 24.3 Å². The molecule has 9 heteroatoms. The van der Waals surface area contributed by atoms with Crippen molar-refractivity contribution in [2.24, 2.45) is 0 Å². The number of sulfonamides is 1. The van der Waals surface area contributed by atoms with E-state index in [4.69, 9.17) is 4.74 Å². The molecule has 1 amide bonds. The fourth-order valence-electron chi connectivity index (χ4n) is 2.98. The van der Waals surface area contributed by atoms with E-state index in [2.05, 4.69) is 10.0 Å². The number of carbonyl (C=O) groups is 1. The molecule has 168 valence electrons. The third-order valence-electron chi connectivity index (χ3n) is 4.53. The molecule has 0 saturated carbocycles. The molecule has 0 heterocycles. The molecule has 0 saturated heterocycles. The SMILES string of the molecule is CCOc1ccc(S(=O)(=O)N[C@@H](Cc2ccccc2)C(=O)Nc2ccc(F)c(F)c2)cc1. The van der Waals surface area contributed by atoms with Crippen LogP contribution < -0.4 is 14.8 Å². The normalized spacial score (nSPS) is 12.2. The predicted molar refractivity (Wildman–Crippen MR) is 117 cm³/mol. The van der Waals surface area contributed by atoms with Crippen LogP contribution in [-0.2, 0) is 21.2 Å². The van der Waals surface area contributed by atoms with Crippen LogP contribution in [-0.4, -0.2) is 27.0 Å². The Balaban J connectivity index is 1.84. The van der Waals surface area contributed by atoms with Crippen molar-refractivity contribution in [1.29, 1.82) is 0 Å². The third-order valence-corrected chi connectivity index (χ3v) is 6.02. The number of hydrogen-bond acceptors (Lipinski definition) is 4. The topological polar surface area (TPSA) is 84.5 Å². The third kappa shape index (κ3) is 6.12. The number of amides is 1. The molecule has 2 N–H and O–H groups in total. The molecule has 0 aliphatic heterocycles. The Morgan fingerprint density at radius 2 is 1.66 bits per heavy atom. The molecule has 0 bridgehead atoms. The van der Waals surface area contributed by atoms with Crippen LogP contribution in [0.25, 0.3) is 0 Å². The van der Waals surface area contributed by atoms with E-state index in [0.717, 1.165) is 12.1 Å². The monoisotopic (exact) mass is 460 g/mol. The molecular formula is C23H22F2N2O4S. The number of hydrogen-bond donors (Lipinski definition) is 2. The Morgan fingerprint density at radius 3 is 2.28 bits per heavy atom. The number of carbonyl (C=O) groups excluding carboxylic acids is 1. The minimum Gasteiger partial charge on any atom is -0.494 e. The van der Waals surface area contributed by atoms with Gasteiger partial charge in [0.1, 0.15) is 11.8 Å². The highest BCUT2D eigenvalue weighted by Gasteiger charge is 2.26. The average molecular weight is 461 g/mol. The molecule has 6 nitrogen and oxygen atoms in total. The van der Waals surface area contributed by atoms with Crippen LogP contribution in [0.5, 0.6) is 5.75 Å². The summed E-state index contributed by atoms with van der Waals surface area (Å²) >= 11 is 0. The molecule has 32 heavy (non-hydrogen) atoms. The Kier molecular flexibility index (Phi) is 7.55. The molecular weight excluding hydrogens is 438 g/mol. The number of benzene rings is 3. The van der Waals surface area contributed by atoms with Crippen LogP contribution in [0.3, 0.4) is 0 Å². The molecule has 0 unspecified atom stereocenters. The summed E-state index contributed by atoms with van der Waals surface area (Å²) in [5.41, 5.74) is 0.722. The highest BCUT2D eigenvalue weighted by atomic mass is 32.2. The molecule has 1 atom stereocenters. The summed E-state index contributed by atoms with van der Waals surface area (Å²) in [7, 11) is -4.06. The lowest BCUT2D eigenvalue weighted by Crippen LogP contribution is -2.45. The van der Waals surface area contributed by atoms with Crippen LogP contribution in [0.2, 0.25) is 0 Å². The fraction of sp³-hybridized carbons (Fsp3) is 0.174. The van der Waals surface area contributed by atoms with Gasteiger partial charge in [0.2, 0.25) is 15.9 Å². The van der Waals surface area contributed by atoms with Gasteiger partial charge in [-0.2, -0.15) is 4.72 Å². The quantitative estimate of drug-likeness (QED) is 0.507. The van der Waals surface area contributed by atoms with Gasteiger partial charge in [-0.1, -0.05) is 30.3 Å². The summed E-state index contributed by atoms with van der Waals surface area (Å²) in [6, 6.07) is 16.3. The van der Waals surface area contributed by atoms with Gasteiger partial charge in [-0.25, -0.2) is 17.2 Å². The first-order valence-electron chi connectivity index (χ1n) is 9.83. The second-order valence-electron chi connectivity index (χ2n) is 6.89. The summed E-state index contributed by atoms with van der Waals surface area (Å²) in [5, 5.41) is 2.44. The van der Waals surface area contributed by atoms with E-state index < -0.39 is 33.6 Å². The summed E-state index contributed by atoms with van der Waals surface area (Å²) in [6.07, 6.45) is 0.0482. The largest absolute Gasteiger partial charge is 0.494 e. The maximum absolute atomic E-state index is 13.5. The Bertz CT molecular complexity index is 1170. The summed E-state index contributed by atoms with van der Waals surface area (Å²) in [6.45, 7) is 2.25. The van der Waals surface area contributed by atoms with E-state index >= 15 is 0 Å². The number of rotatable bonds is 9. The molecule has 3 rings (SSSR count). The van der Waals surface area contributed by atoms with E-state index in [1.54, 1.807) is 30.3 Å². The van der Waals surface area contributed by atoms with Gasteiger partial charge in [-0.3, -0.25) is 4.79 Å². The molecule has 0 fully saturated rings. The van der Waals surface area contributed by atoms with E-state index in [1.165, 1.54) is 30.3 Å². The first-order valence-corrected chi connectivity index (χ1v) is 11.3.